The maximum atomic E-state index is 11.6. The van der Waals surface area contributed by atoms with E-state index in [4.69, 9.17) is 5.26 Å². The molecule has 1 aliphatic carbocycles. The van der Waals surface area contributed by atoms with Crippen LogP contribution >= 0.6 is 0 Å². The van der Waals surface area contributed by atoms with Crippen molar-refractivity contribution < 1.29 is 4.79 Å². The van der Waals surface area contributed by atoms with Gasteiger partial charge in [-0.3, -0.25) is 4.79 Å². The van der Waals surface area contributed by atoms with E-state index in [-0.39, 0.29) is 17.6 Å². The largest absolute Gasteiger partial charge is 0.298 e. The Morgan fingerprint density at radius 3 is 2.77 bits per heavy atom. The molecule has 0 aromatic heterocycles. The molecule has 1 fully saturated rings. The first-order valence-corrected chi connectivity index (χ1v) is 5.14. The zero-order chi connectivity index (χ0) is 9.84. The topological polar surface area (TPSA) is 40.9 Å². The van der Waals surface area contributed by atoms with E-state index in [2.05, 4.69) is 13.0 Å². The fourth-order valence-corrected chi connectivity index (χ4v) is 2.22. The van der Waals surface area contributed by atoms with Gasteiger partial charge in [0.25, 0.3) is 0 Å². The van der Waals surface area contributed by atoms with Crippen molar-refractivity contribution in [2.45, 2.75) is 39.5 Å². The third-order valence-electron chi connectivity index (χ3n) is 3.14. The molecule has 2 nitrogen and oxygen atoms in total. The first-order valence-electron chi connectivity index (χ1n) is 5.14. The van der Waals surface area contributed by atoms with E-state index >= 15 is 0 Å². The number of carbonyl (C=O) groups excluding carboxylic acids is 1. The van der Waals surface area contributed by atoms with E-state index in [1.807, 2.05) is 6.92 Å². The van der Waals surface area contributed by atoms with Crippen LogP contribution in [0.15, 0.2) is 0 Å². The molecule has 0 bridgehead atoms. The number of nitrogens with zero attached hydrogens (tertiary/aromatic N) is 1. The lowest BCUT2D eigenvalue weighted by molar-refractivity contribution is -0.128. The van der Waals surface area contributed by atoms with Crippen LogP contribution in [0.5, 0.6) is 0 Å². The summed E-state index contributed by atoms with van der Waals surface area (Å²) in [6.07, 6.45) is 4.11. The van der Waals surface area contributed by atoms with Gasteiger partial charge < -0.3 is 0 Å². The Bertz CT molecular complexity index is 229. The van der Waals surface area contributed by atoms with Crippen LogP contribution in [-0.4, -0.2) is 5.78 Å². The van der Waals surface area contributed by atoms with Gasteiger partial charge in [0.05, 0.1) is 6.07 Å². The van der Waals surface area contributed by atoms with Crippen molar-refractivity contribution in [2.75, 3.05) is 0 Å². The van der Waals surface area contributed by atoms with Crippen LogP contribution in [0, 0.1) is 29.1 Å². The van der Waals surface area contributed by atoms with Crippen molar-refractivity contribution in [3.05, 3.63) is 0 Å². The fourth-order valence-electron chi connectivity index (χ4n) is 2.22. The molecule has 0 radical (unpaired) electrons. The van der Waals surface area contributed by atoms with Crippen molar-refractivity contribution in [3.8, 4) is 6.07 Å². The number of rotatable bonds is 2. The minimum absolute atomic E-state index is 0.110. The van der Waals surface area contributed by atoms with Gasteiger partial charge in [0.15, 0.2) is 5.78 Å². The average molecular weight is 179 g/mol. The zero-order valence-corrected chi connectivity index (χ0v) is 8.42. The molecular weight excluding hydrogens is 162 g/mol. The third-order valence-corrected chi connectivity index (χ3v) is 3.14. The molecule has 3 atom stereocenters. The normalized spacial score (nSPS) is 34.2. The summed E-state index contributed by atoms with van der Waals surface area (Å²) >= 11 is 0. The summed E-state index contributed by atoms with van der Waals surface area (Å²) in [4.78, 5) is 11.6. The van der Waals surface area contributed by atoms with Crippen LogP contribution in [-0.2, 0) is 4.79 Å². The summed E-state index contributed by atoms with van der Waals surface area (Å²) in [6, 6.07) is 2.10. The van der Waals surface area contributed by atoms with Crippen LogP contribution < -0.4 is 0 Å². The van der Waals surface area contributed by atoms with E-state index in [1.54, 1.807) is 0 Å². The maximum Gasteiger partial charge on any atom is 0.153 e. The van der Waals surface area contributed by atoms with Crippen molar-refractivity contribution >= 4 is 5.78 Å². The molecule has 0 amide bonds. The average Bonchev–Trinajstić information content (AvgIpc) is 2.14. The monoisotopic (exact) mass is 179 g/mol. The molecule has 0 aliphatic heterocycles. The Hall–Kier alpha value is -0.840. The SMILES string of the molecule is CCC[C@@H]1CCC(C#N)C(=O)[C@H]1C. The van der Waals surface area contributed by atoms with Gasteiger partial charge in [0.2, 0.25) is 0 Å². The lowest BCUT2D eigenvalue weighted by Crippen LogP contribution is -2.32. The molecule has 1 aliphatic rings. The smallest absolute Gasteiger partial charge is 0.153 e. The Labute approximate surface area is 79.9 Å². The van der Waals surface area contributed by atoms with Gasteiger partial charge in [-0.25, -0.2) is 0 Å². The number of nitriles is 1. The number of hydrogen-bond donors (Lipinski definition) is 0. The Balaban J connectivity index is 2.60. The second-order valence-corrected chi connectivity index (χ2v) is 4.00. The van der Waals surface area contributed by atoms with Gasteiger partial charge in [-0.15, -0.1) is 0 Å². The molecule has 0 N–H and O–H groups in total. The summed E-state index contributed by atoms with van der Waals surface area (Å²) in [6.45, 7) is 4.12. The zero-order valence-electron chi connectivity index (χ0n) is 8.42. The molecule has 1 unspecified atom stereocenters. The molecule has 0 aromatic carbocycles. The quantitative estimate of drug-likeness (QED) is 0.653. The van der Waals surface area contributed by atoms with Gasteiger partial charge in [-0.1, -0.05) is 26.7 Å². The number of hydrogen-bond acceptors (Lipinski definition) is 2. The summed E-state index contributed by atoms with van der Waals surface area (Å²) in [7, 11) is 0. The standard InChI is InChI=1S/C11H17NO/c1-3-4-9-5-6-10(7-12)11(13)8(9)2/h8-10H,3-6H2,1-2H3/t8-,9+,10?/m0/s1. The van der Waals surface area contributed by atoms with E-state index in [1.165, 1.54) is 0 Å². The summed E-state index contributed by atoms with van der Waals surface area (Å²) in [5.74, 6) is 0.496. The molecule has 2 heteroatoms. The number of Topliss-reactive ketones (excluding diaryl/α,β-unsaturated/α-hetero) is 1. The van der Waals surface area contributed by atoms with Crippen LogP contribution in [0.2, 0.25) is 0 Å². The lowest BCUT2D eigenvalue weighted by atomic mass is 9.73. The molecule has 13 heavy (non-hydrogen) atoms. The predicted molar refractivity (Wildman–Crippen MR) is 50.9 cm³/mol. The second-order valence-electron chi connectivity index (χ2n) is 4.00. The van der Waals surface area contributed by atoms with Crippen molar-refractivity contribution in [2.24, 2.45) is 17.8 Å². The predicted octanol–water partition coefficient (Wildman–Crippen LogP) is 2.54. The van der Waals surface area contributed by atoms with Crippen molar-refractivity contribution in [3.63, 3.8) is 0 Å². The van der Waals surface area contributed by atoms with Gasteiger partial charge >= 0.3 is 0 Å². The van der Waals surface area contributed by atoms with Gasteiger partial charge in [0, 0.05) is 5.92 Å². The molecule has 0 spiro atoms. The maximum absolute atomic E-state index is 11.6. The van der Waals surface area contributed by atoms with Crippen LogP contribution in [0.3, 0.4) is 0 Å². The first-order chi connectivity index (χ1) is 6.20. The molecule has 0 aromatic rings. The van der Waals surface area contributed by atoms with E-state index in [0.717, 1.165) is 25.7 Å². The Morgan fingerprint density at radius 1 is 1.54 bits per heavy atom. The summed E-state index contributed by atoms with van der Waals surface area (Å²) in [5.41, 5.74) is 0. The minimum Gasteiger partial charge on any atom is -0.298 e. The Kier molecular flexibility index (Phi) is 3.48. The van der Waals surface area contributed by atoms with Crippen LogP contribution in [0.4, 0.5) is 0 Å². The lowest BCUT2D eigenvalue weighted by Gasteiger charge is -2.29. The molecular formula is C11H17NO. The van der Waals surface area contributed by atoms with Crippen LogP contribution in [0.25, 0.3) is 0 Å². The highest BCUT2D eigenvalue weighted by Gasteiger charge is 2.34. The fraction of sp³-hybridized carbons (Fsp3) is 0.818. The van der Waals surface area contributed by atoms with Crippen molar-refractivity contribution in [1.82, 2.24) is 0 Å². The van der Waals surface area contributed by atoms with Crippen LogP contribution in [0.1, 0.15) is 39.5 Å². The van der Waals surface area contributed by atoms with Gasteiger partial charge in [-0.2, -0.15) is 5.26 Å². The van der Waals surface area contributed by atoms with E-state index < -0.39 is 0 Å². The third kappa shape index (κ3) is 2.09. The highest BCUT2D eigenvalue weighted by Crippen LogP contribution is 2.33. The van der Waals surface area contributed by atoms with Crippen molar-refractivity contribution in [1.29, 1.82) is 5.26 Å². The molecule has 1 saturated carbocycles. The minimum atomic E-state index is -0.317. The Morgan fingerprint density at radius 2 is 2.23 bits per heavy atom. The van der Waals surface area contributed by atoms with Gasteiger partial charge in [-0.05, 0) is 18.8 Å². The molecule has 72 valence electrons. The van der Waals surface area contributed by atoms with Gasteiger partial charge in [0.1, 0.15) is 5.92 Å². The molecule has 0 saturated heterocycles. The van der Waals surface area contributed by atoms with E-state index in [9.17, 15) is 4.79 Å². The first kappa shape index (κ1) is 10.2. The number of carbonyl (C=O) groups is 1. The van der Waals surface area contributed by atoms with E-state index in [0.29, 0.717) is 5.92 Å². The highest BCUT2D eigenvalue weighted by molar-refractivity contribution is 5.86. The number of ketones is 1. The summed E-state index contributed by atoms with van der Waals surface area (Å²) in [5, 5.41) is 8.72. The highest BCUT2D eigenvalue weighted by atomic mass is 16.1. The summed E-state index contributed by atoms with van der Waals surface area (Å²) < 4.78 is 0. The second kappa shape index (κ2) is 4.41. The molecule has 1 rings (SSSR count). The molecule has 0 heterocycles.